The van der Waals surface area contributed by atoms with E-state index in [4.69, 9.17) is 4.74 Å². The predicted octanol–water partition coefficient (Wildman–Crippen LogP) is 3.93. The van der Waals surface area contributed by atoms with Gasteiger partial charge < -0.3 is 9.72 Å². The summed E-state index contributed by atoms with van der Waals surface area (Å²) in [6.07, 6.45) is 4.54. The number of nitrogens with zero attached hydrogens (tertiary/aromatic N) is 2. The van der Waals surface area contributed by atoms with Gasteiger partial charge in [-0.05, 0) is 49.4 Å². The van der Waals surface area contributed by atoms with Gasteiger partial charge in [-0.25, -0.2) is 4.98 Å². The van der Waals surface area contributed by atoms with Gasteiger partial charge >= 0.3 is 0 Å². The van der Waals surface area contributed by atoms with Crippen molar-refractivity contribution in [1.82, 2.24) is 9.97 Å². The largest absolute Gasteiger partial charge is 0.497 e. The molecular weight excluding hydrogens is 334 g/mol. The fraction of sp³-hybridized carbons (Fsp3) is 0.368. The van der Waals surface area contributed by atoms with Gasteiger partial charge in [0.1, 0.15) is 5.75 Å². The minimum Gasteiger partial charge on any atom is -0.497 e. The van der Waals surface area contributed by atoms with Crippen LogP contribution in [0, 0.1) is 12.8 Å². The lowest BCUT2D eigenvalue weighted by molar-refractivity contribution is -0.118. The van der Waals surface area contributed by atoms with Crippen molar-refractivity contribution in [1.29, 1.82) is 0 Å². The number of benzene rings is 1. The molecule has 2 heterocycles. The molecule has 0 saturated heterocycles. The van der Waals surface area contributed by atoms with E-state index >= 15 is 0 Å². The van der Waals surface area contributed by atoms with Crippen molar-refractivity contribution in [2.24, 2.45) is 5.92 Å². The Balaban J connectivity index is 1.64. The Hall–Kier alpha value is -2.34. The van der Waals surface area contributed by atoms with Crippen molar-refractivity contribution in [3.05, 3.63) is 41.0 Å². The number of aromatic amines is 1. The van der Waals surface area contributed by atoms with Crippen LogP contribution in [0.3, 0.4) is 0 Å². The molecule has 5 nitrogen and oxygen atoms in total. The second kappa shape index (κ2) is 6.52. The highest BCUT2D eigenvalue weighted by atomic mass is 32.1. The number of nitrogens with one attached hydrogen (secondary N) is 1. The Labute approximate surface area is 150 Å². The first-order chi connectivity index (χ1) is 12.2. The van der Waals surface area contributed by atoms with Crippen LogP contribution in [0.15, 0.2) is 29.8 Å². The van der Waals surface area contributed by atoms with Gasteiger partial charge in [0.15, 0.2) is 5.13 Å². The van der Waals surface area contributed by atoms with Gasteiger partial charge in [0.05, 0.1) is 13.5 Å². The zero-order valence-corrected chi connectivity index (χ0v) is 15.2. The molecule has 6 heteroatoms. The average molecular weight is 355 g/mol. The molecule has 4 rings (SSSR count). The lowest BCUT2D eigenvalue weighted by Crippen LogP contribution is -2.34. The van der Waals surface area contributed by atoms with Crippen LogP contribution >= 0.6 is 11.3 Å². The molecule has 1 fully saturated rings. The normalized spacial score (nSPS) is 14.0. The molecule has 0 bridgehead atoms. The Bertz CT molecular complexity index is 897. The van der Waals surface area contributed by atoms with Crippen LogP contribution in [0.1, 0.15) is 24.1 Å². The zero-order valence-electron chi connectivity index (χ0n) is 14.4. The van der Waals surface area contributed by atoms with Gasteiger partial charge in [-0.3, -0.25) is 9.69 Å². The summed E-state index contributed by atoms with van der Waals surface area (Å²) in [6.45, 7) is 2.79. The minimum absolute atomic E-state index is 0.105. The van der Waals surface area contributed by atoms with E-state index in [2.05, 4.69) is 9.97 Å². The third-order valence-corrected chi connectivity index (χ3v) is 5.54. The molecule has 130 valence electrons. The standard InChI is InChI=1S/C19H21N3O2S/c1-12-15(16-9-14(24-2)5-6-17(16)21-12)10-18(23)22(11-13-3-4-13)19-20-7-8-25-19/h5-9,13,21H,3-4,10-11H2,1-2H3. The molecule has 0 spiro atoms. The lowest BCUT2D eigenvalue weighted by atomic mass is 10.1. The lowest BCUT2D eigenvalue weighted by Gasteiger charge is -2.20. The highest BCUT2D eigenvalue weighted by Gasteiger charge is 2.29. The van der Waals surface area contributed by atoms with E-state index in [1.54, 1.807) is 13.3 Å². The summed E-state index contributed by atoms with van der Waals surface area (Å²) in [5, 5.41) is 3.77. The number of rotatable bonds is 6. The average Bonchev–Trinajstić information content (AvgIpc) is 3.17. The summed E-state index contributed by atoms with van der Waals surface area (Å²) in [5.74, 6) is 1.53. The van der Waals surface area contributed by atoms with Crippen molar-refractivity contribution in [3.63, 3.8) is 0 Å². The summed E-state index contributed by atoms with van der Waals surface area (Å²) in [7, 11) is 1.66. The van der Waals surface area contributed by atoms with Crippen molar-refractivity contribution < 1.29 is 9.53 Å². The van der Waals surface area contributed by atoms with E-state index in [9.17, 15) is 4.79 Å². The first kappa shape index (κ1) is 16.1. The smallest absolute Gasteiger partial charge is 0.233 e. The van der Waals surface area contributed by atoms with E-state index in [1.165, 1.54) is 24.2 Å². The van der Waals surface area contributed by atoms with Gasteiger partial charge in [0.2, 0.25) is 5.91 Å². The van der Waals surface area contributed by atoms with Crippen LogP contribution in [0.5, 0.6) is 5.75 Å². The maximum atomic E-state index is 13.1. The van der Waals surface area contributed by atoms with Crippen molar-refractivity contribution >= 4 is 33.3 Å². The summed E-state index contributed by atoms with van der Waals surface area (Å²) >= 11 is 1.52. The topological polar surface area (TPSA) is 58.2 Å². The molecule has 0 radical (unpaired) electrons. The number of aryl methyl sites for hydroxylation is 1. The molecular formula is C19H21N3O2S. The predicted molar refractivity (Wildman–Crippen MR) is 100 cm³/mol. The number of anilines is 1. The molecule has 3 aromatic rings. The molecule has 1 aliphatic carbocycles. The Morgan fingerprint density at radius 2 is 2.28 bits per heavy atom. The van der Waals surface area contributed by atoms with Gasteiger partial charge in [0.25, 0.3) is 0 Å². The number of methoxy groups -OCH3 is 1. The van der Waals surface area contributed by atoms with Crippen LogP contribution in [-0.2, 0) is 11.2 Å². The monoisotopic (exact) mass is 355 g/mol. The number of aromatic nitrogens is 2. The minimum atomic E-state index is 0.105. The first-order valence-electron chi connectivity index (χ1n) is 8.50. The van der Waals surface area contributed by atoms with Crippen LogP contribution in [-0.4, -0.2) is 29.5 Å². The summed E-state index contributed by atoms with van der Waals surface area (Å²) in [5.41, 5.74) is 3.10. The molecule has 2 aromatic heterocycles. The van der Waals surface area contributed by atoms with Crippen molar-refractivity contribution in [3.8, 4) is 5.75 Å². The molecule has 1 aliphatic rings. The van der Waals surface area contributed by atoms with Crippen LogP contribution in [0.25, 0.3) is 10.9 Å². The summed E-state index contributed by atoms with van der Waals surface area (Å²) in [6, 6.07) is 5.92. The third-order valence-electron chi connectivity index (χ3n) is 4.74. The van der Waals surface area contributed by atoms with Crippen LogP contribution in [0.4, 0.5) is 5.13 Å². The Kier molecular flexibility index (Phi) is 4.21. The fourth-order valence-corrected chi connectivity index (χ4v) is 3.83. The molecule has 25 heavy (non-hydrogen) atoms. The quantitative estimate of drug-likeness (QED) is 0.729. The molecule has 1 amide bonds. The fourth-order valence-electron chi connectivity index (χ4n) is 3.16. The van der Waals surface area contributed by atoms with Gasteiger partial charge in [0, 0.05) is 34.7 Å². The van der Waals surface area contributed by atoms with Crippen LogP contribution in [0.2, 0.25) is 0 Å². The van der Waals surface area contributed by atoms with E-state index in [1.807, 2.05) is 35.4 Å². The first-order valence-corrected chi connectivity index (χ1v) is 9.38. The van der Waals surface area contributed by atoms with E-state index in [-0.39, 0.29) is 5.91 Å². The zero-order chi connectivity index (χ0) is 17.4. The number of carbonyl (C=O) groups excluding carboxylic acids is 1. The Morgan fingerprint density at radius 3 is 2.96 bits per heavy atom. The van der Waals surface area contributed by atoms with Crippen molar-refractivity contribution in [2.45, 2.75) is 26.2 Å². The van der Waals surface area contributed by atoms with E-state index < -0.39 is 0 Å². The molecule has 0 unspecified atom stereocenters. The highest BCUT2D eigenvalue weighted by molar-refractivity contribution is 7.13. The number of amides is 1. The SMILES string of the molecule is COc1ccc2[nH]c(C)c(CC(=O)N(CC3CC3)c3nccs3)c2c1. The third kappa shape index (κ3) is 3.26. The number of carbonyl (C=O) groups is 1. The van der Waals surface area contributed by atoms with Gasteiger partial charge in [-0.2, -0.15) is 0 Å². The highest BCUT2D eigenvalue weighted by Crippen LogP contribution is 2.33. The van der Waals surface area contributed by atoms with Gasteiger partial charge in [-0.1, -0.05) is 0 Å². The second-order valence-corrected chi connectivity index (χ2v) is 7.45. The van der Waals surface area contributed by atoms with Gasteiger partial charge in [-0.15, -0.1) is 11.3 Å². The maximum Gasteiger partial charge on any atom is 0.233 e. The summed E-state index contributed by atoms with van der Waals surface area (Å²) in [4.78, 5) is 22.7. The number of fused-ring (bicyclic) bond motifs is 1. The second-order valence-electron chi connectivity index (χ2n) is 6.58. The van der Waals surface area contributed by atoms with E-state index in [0.717, 1.165) is 39.6 Å². The number of H-pyrrole nitrogens is 1. The number of thiazole rings is 1. The van der Waals surface area contributed by atoms with Crippen LogP contribution < -0.4 is 9.64 Å². The molecule has 1 aromatic carbocycles. The number of hydrogen-bond acceptors (Lipinski definition) is 4. The molecule has 0 aliphatic heterocycles. The van der Waals surface area contributed by atoms with E-state index in [0.29, 0.717) is 12.3 Å². The Morgan fingerprint density at radius 1 is 1.44 bits per heavy atom. The number of ether oxygens (including phenoxy) is 1. The number of hydrogen-bond donors (Lipinski definition) is 1. The summed E-state index contributed by atoms with van der Waals surface area (Å²) < 4.78 is 5.34. The maximum absolute atomic E-state index is 13.1. The molecule has 1 N–H and O–H groups in total. The van der Waals surface area contributed by atoms with Crippen molar-refractivity contribution in [2.75, 3.05) is 18.6 Å². The molecule has 0 atom stereocenters. The molecule has 1 saturated carbocycles.